The van der Waals surface area contributed by atoms with Crippen molar-refractivity contribution in [2.75, 3.05) is 26.2 Å². The minimum Gasteiger partial charge on any atom is -0.466 e. The maximum absolute atomic E-state index is 12.0. The molecule has 0 spiro atoms. The lowest BCUT2D eigenvalue weighted by Crippen LogP contribution is -2.47. The van der Waals surface area contributed by atoms with E-state index < -0.39 is 11.8 Å². The van der Waals surface area contributed by atoms with Gasteiger partial charge in [-0.05, 0) is 26.2 Å². The van der Waals surface area contributed by atoms with Gasteiger partial charge in [-0.3, -0.25) is 14.4 Å². The molecular formula is C15H26N2O4. The molecule has 1 heterocycles. The first-order valence-corrected chi connectivity index (χ1v) is 7.83. The summed E-state index contributed by atoms with van der Waals surface area (Å²) in [6.45, 7) is 5.64. The van der Waals surface area contributed by atoms with Crippen molar-refractivity contribution in [1.82, 2.24) is 10.2 Å². The van der Waals surface area contributed by atoms with Crippen molar-refractivity contribution in [3.63, 3.8) is 0 Å². The van der Waals surface area contributed by atoms with Gasteiger partial charge in [0.15, 0.2) is 0 Å². The Hall–Kier alpha value is -1.59. The van der Waals surface area contributed by atoms with E-state index in [0.717, 1.165) is 19.3 Å². The van der Waals surface area contributed by atoms with E-state index in [1.54, 1.807) is 6.92 Å². The summed E-state index contributed by atoms with van der Waals surface area (Å²) in [6, 6.07) is 0. The molecule has 120 valence electrons. The van der Waals surface area contributed by atoms with Crippen molar-refractivity contribution in [3.8, 4) is 0 Å². The number of ether oxygens (including phenoxy) is 1. The van der Waals surface area contributed by atoms with Gasteiger partial charge in [0.25, 0.3) is 0 Å². The standard InChI is InChI=1S/C15H26N2O4/c1-3-5-6-9-16-13(18)14(19)17-10-7-12(8-11-17)15(20)21-4-2/h12H,3-11H2,1-2H3,(H,16,18). The van der Waals surface area contributed by atoms with Gasteiger partial charge >= 0.3 is 17.8 Å². The zero-order valence-electron chi connectivity index (χ0n) is 13.0. The highest BCUT2D eigenvalue weighted by molar-refractivity contribution is 6.35. The predicted molar refractivity (Wildman–Crippen MR) is 78.5 cm³/mol. The van der Waals surface area contributed by atoms with Gasteiger partial charge in [0.2, 0.25) is 0 Å². The Morgan fingerprint density at radius 1 is 1.14 bits per heavy atom. The summed E-state index contributed by atoms with van der Waals surface area (Å²) in [7, 11) is 0. The Labute approximate surface area is 126 Å². The van der Waals surface area contributed by atoms with Crippen LogP contribution in [-0.2, 0) is 19.1 Å². The lowest BCUT2D eigenvalue weighted by molar-refractivity contribution is -0.152. The summed E-state index contributed by atoms with van der Waals surface area (Å²) >= 11 is 0. The van der Waals surface area contributed by atoms with Gasteiger partial charge in [-0.1, -0.05) is 19.8 Å². The van der Waals surface area contributed by atoms with Gasteiger partial charge in [-0.15, -0.1) is 0 Å². The highest BCUT2D eigenvalue weighted by Gasteiger charge is 2.30. The van der Waals surface area contributed by atoms with E-state index in [-0.39, 0.29) is 11.9 Å². The minimum atomic E-state index is -0.541. The largest absolute Gasteiger partial charge is 0.466 e. The number of amides is 2. The zero-order chi connectivity index (χ0) is 15.7. The van der Waals surface area contributed by atoms with Crippen LogP contribution >= 0.6 is 0 Å². The van der Waals surface area contributed by atoms with E-state index in [9.17, 15) is 14.4 Å². The fraction of sp³-hybridized carbons (Fsp3) is 0.800. The second-order valence-electron chi connectivity index (χ2n) is 5.28. The van der Waals surface area contributed by atoms with E-state index in [1.165, 1.54) is 4.90 Å². The van der Waals surface area contributed by atoms with Gasteiger partial charge in [0.05, 0.1) is 12.5 Å². The third kappa shape index (κ3) is 5.73. The van der Waals surface area contributed by atoms with Gasteiger partial charge < -0.3 is 15.0 Å². The van der Waals surface area contributed by atoms with Crippen LogP contribution < -0.4 is 5.32 Å². The molecule has 1 rings (SSSR count). The third-order valence-electron chi connectivity index (χ3n) is 3.66. The average Bonchev–Trinajstić information content (AvgIpc) is 2.51. The lowest BCUT2D eigenvalue weighted by atomic mass is 9.97. The summed E-state index contributed by atoms with van der Waals surface area (Å²) in [5.74, 6) is -1.38. The molecule has 0 atom stereocenters. The van der Waals surface area contributed by atoms with Crippen molar-refractivity contribution < 1.29 is 19.1 Å². The number of carbonyl (C=O) groups is 3. The minimum absolute atomic E-state index is 0.151. The normalized spacial score (nSPS) is 15.6. The number of piperidine rings is 1. The molecule has 21 heavy (non-hydrogen) atoms. The number of unbranched alkanes of at least 4 members (excludes halogenated alkanes) is 2. The van der Waals surface area contributed by atoms with Crippen molar-refractivity contribution in [2.24, 2.45) is 5.92 Å². The molecule has 0 aromatic heterocycles. The number of hydrogen-bond acceptors (Lipinski definition) is 4. The van der Waals surface area contributed by atoms with Gasteiger partial charge in [-0.2, -0.15) is 0 Å². The summed E-state index contributed by atoms with van der Waals surface area (Å²) in [5, 5.41) is 2.65. The first-order valence-electron chi connectivity index (χ1n) is 7.83. The number of rotatable bonds is 6. The van der Waals surface area contributed by atoms with Crippen molar-refractivity contribution in [1.29, 1.82) is 0 Å². The smallest absolute Gasteiger partial charge is 0.311 e. The summed E-state index contributed by atoms with van der Waals surface area (Å²) in [4.78, 5) is 36.8. The fourth-order valence-corrected chi connectivity index (χ4v) is 2.37. The van der Waals surface area contributed by atoms with Gasteiger partial charge in [0, 0.05) is 19.6 Å². The third-order valence-corrected chi connectivity index (χ3v) is 3.66. The van der Waals surface area contributed by atoms with Crippen LogP contribution in [0.5, 0.6) is 0 Å². The monoisotopic (exact) mass is 298 g/mol. The Balaban J connectivity index is 2.31. The van der Waals surface area contributed by atoms with Gasteiger partial charge in [-0.25, -0.2) is 0 Å². The maximum Gasteiger partial charge on any atom is 0.311 e. The van der Waals surface area contributed by atoms with Crippen LogP contribution in [0.3, 0.4) is 0 Å². The van der Waals surface area contributed by atoms with Crippen LogP contribution in [0.2, 0.25) is 0 Å². The summed E-state index contributed by atoms with van der Waals surface area (Å²) in [5.41, 5.74) is 0. The van der Waals surface area contributed by atoms with Crippen molar-refractivity contribution >= 4 is 17.8 Å². The van der Waals surface area contributed by atoms with E-state index in [0.29, 0.717) is 39.1 Å². The van der Waals surface area contributed by atoms with Crippen LogP contribution in [0.1, 0.15) is 46.0 Å². The molecule has 1 aliphatic rings. The average molecular weight is 298 g/mol. The predicted octanol–water partition coefficient (Wildman–Crippen LogP) is 1.09. The molecule has 1 saturated heterocycles. The molecule has 0 unspecified atom stereocenters. The van der Waals surface area contributed by atoms with Crippen LogP contribution in [-0.4, -0.2) is 48.9 Å². The SMILES string of the molecule is CCCCCNC(=O)C(=O)N1CCC(C(=O)OCC)CC1. The molecule has 6 nitrogen and oxygen atoms in total. The molecule has 0 aliphatic carbocycles. The lowest BCUT2D eigenvalue weighted by Gasteiger charge is -2.30. The number of nitrogens with zero attached hydrogens (tertiary/aromatic N) is 1. The van der Waals surface area contributed by atoms with Crippen LogP contribution in [0.25, 0.3) is 0 Å². The molecule has 1 fully saturated rings. The Morgan fingerprint density at radius 3 is 2.38 bits per heavy atom. The van der Waals surface area contributed by atoms with E-state index in [1.807, 2.05) is 0 Å². The number of esters is 1. The quantitative estimate of drug-likeness (QED) is 0.452. The second kappa shape index (κ2) is 9.37. The number of nitrogens with one attached hydrogen (secondary N) is 1. The molecule has 0 saturated carbocycles. The first-order chi connectivity index (χ1) is 10.1. The highest BCUT2D eigenvalue weighted by Crippen LogP contribution is 2.18. The molecule has 2 amide bonds. The molecule has 0 aromatic rings. The molecule has 1 aliphatic heterocycles. The first kappa shape index (κ1) is 17.5. The molecule has 0 radical (unpaired) electrons. The van der Waals surface area contributed by atoms with E-state index in [2.05, 4.69) is 12.2 Å². The molecule has 0 aromatic carbocycles. The van der Waals surface area contributed by atoms with Crippen LogP contribution in [0.4, 0.5) is 0 Å². The maximum atomic E-state index is 12.0. The molecule has 0 bridgehead atoms. The van der Waals surface area contributed by atoms with Crippen molar-refractivity contribution in [2.45, 2.75) is 46.0 Å². The van der Waals surface area contributed by atoms with E-state index in [4.69, 9.17) is 4.74 Å². The van der Waals surface area contributed by atoms with Crippen LogP contribution in [0, 0.1) is 5.92 Å². The summed E-state index contributed by atoms with van der Waals surface area (Å²) < 4.78 is 4.98. The topological polar surface area (TPSA) is 75.7 Å². The zero-order valence-corrected chi connectivity index (χ0v) is 13.0. The Morgan fingerprint density at radius 2 is 1.81 bits per heavy atom. The molecule has 1 N–H and O–H groups in total. The Kier molecular flexibility index (Phi) is 7.79. The fourth-order valence-electron chi connectivity index (χ4n) is 2.37. The highest BCUT2D eigenvalue weighted by atomic mass is 16.5. The van der Waals surface area contributed by atoms with Gasteiger partial charge in [0.1, 0.15) is 0 Å². The number of likely N-dealkylation sites (tertiary alicyclic amines) is 1. The molecule has 6 heteroatoms. The van der Waals surface area contributed by atoms with E-state index >= 15 is 0 Å². The summed E-state index contributed by atoms with van der Waals surface area (Å²) in [6.07, 6.45) is 4.13. The van der Waals surface area contributed by atoms with Crippen molar-refractivity contribution in [3.05, 3.63) is 0 Å². The van der Waals surface area contributed by atoms with Crippen LogP contribution in [0.15, 0.2) is 0 Å². The molecular weight excluding hydrogens is 272 g/mol. The number of carbonyl (C=O) groups excluding carboxylic acids is 3. The number of hydrogen-bond donors (Lipinski definition) is 1. The second-order valence-corrected chi connectivity index (χ2v) is 5.28. The Bertz CT molecular complexity index is 363.